The number of benzene rings is 1. The summed E-state index contributed by atoms with van der Waals surface area (Å²) < 4.78 is 11.8. The Balaban J connectivity index is 1.57. The number of hydrogen-bond acceptors (Lipinski definition) is 8. The zero-order valence-electron chi connectivity index (χ0n) is 16.4. The Morgan fingerprint density at radius 1 is 1.24 bits per heavy atom. The minimum absolute atomic E-state index is 0.0730. The number of fused-ring (bicyclic) bond motifs is 1. The van der Waals surface area contributed by atoms with Crippen molar-refractivity contribution >= 4 is 23.8 Å². The summed E-state index contributed by atoms with van der Waals surface area (Å²) in [5.41, 5.74) is 1.02. The van der Waals surface area contributed by atoms with Crippen molar-refractivity contribution in [3.05, 3.63) is 36.2 Å². The molecule has 0 spiro atoms. The minimum atomic E-state index is -0.353. The second-order valence-corrected chi connectivity index (χ2v) is 7.88. The zero-order chi connectivity index (χ0) is 20.4. The van der Waals surface area contributed by atoms with E-state index in [1.807, 2.05) is 24.3 Å². The number of methoxy groups -OCH3 is 1. The zero-order valence-corrected chi connectivity index (χ0v) is 17.2. The van der Waals surface area contributed by atoms with Crippen LogP contribution in [-0.2, 0) is 4.74 Å². The molecule has 0 bridgehead atoms. The number of aromatic nitrogens is 3. The van der Waals surface area contributed by atoms with Crippen molar-refractivity contribution in [2.75, 3.05) is 39.9 Å². The number of hydrogen-bond donors (Lipinski definition) is 0. The summed E-state index contributed by atoms with van der Waals surface area (Å²) >= 11 is 1.43. The largest absolute Gasteiger partial charge is 0.497 e. The Morgan fingerprint density at radius 2 is 1.97 bits per heavy atom. The average Bonchev–Trinajstić information content (AvgIpc) is 3.33. The Labute approximate surface area is 173 Å². The van der Waals surface area contributed by atoms with Crippen LogP contribution in [0.2, 0.25) is 0 Å². The molecule has 9 nitrogen and oxygen atoms in total. The normalized spacial score (nSPS) is 20.4. The molecule has 0 N–H and O–H groups in total. The van der Waals surface area contributed by atoms with Gasteiger partial charge >= 0.3 is 6.09 Å². The Bertz CT molecular complexity index is 879. The molecule has 1 aromatic carbocycles. The molecule has 0 saturated carbocycles. The van der Waals surface area contributed by atoms with Gasteiger partial charge in [0.05, 0.1) is 19.8 Å². The number of amides is 1. The van der Waals surface area contributed by atoms with E-state index in [0.717, 1.165) is 11.3 Å². The highest BCUT2D eigenvalue weighted by Gasteiger charge is 2.43. The van der Waals surface area contributed by atoms with Crippen molar-refractivity contribution in [3.8, 4) is 5.75 Å². The maximum atomic E-state index is 13.0. The number of carbonyl (C=O) groups excluding carboxylic acids is 2. The van der Waals surface area contributed by atoms with Crippen LogP contribution in [0.25, 0.3) is 0 Å². The van der Waals surface area contributed by atoms with Crippen molar-refractivity contribution in [2.24, 2.45) is 0 Å². The first-order valence-electron chi connectivity index (χ1n) is 9.53. The molecule has 4 rings (SSSR count). The van der Waals surface area contributed by atoms with Crippen LogP contribution in [0.5, 0.6) is 5.75 Å². The second-order valence-electron chi connectivity index (χ2n) is 6.77. The number of ether oxygens (including phenoxy) is 2. The molecule has 0 radical (unpaired) electrons. The fraction of sp³-hybridized carbons (Fsp3) is 0.474. The fourth-order valence-electron chi connectivity index (χ4n) is 3.72. The molecule has 1 fully saturated rings. The highest BCUT2D eigenvalue weighted by molar-refractivity contribution is 8.00. The van der Waals surface area contributed by atoms with E-state index in [1.165, 1.54) is 22.8 Å². The first-order chi connectivity index (χ1) is 14.1. The van der Waals surface area contributed by atoms with Crippen LogP contribution >= 0.6 is 11.8 Å². The van der Waals surface area contributed by atoms with E-state index in [2.05, 4.69) is 15.0 Å². The van der Waals surface area contributed by atoms with Gasteiger partial charge in [0.25, 0.3) is 5.91 Å². The van der Waals surface area contributed by atoms with Crippen LogP contribution < -0.4 is 4.74 Å². The summed E-state index contributed by atoms with van der Waals surface area (Å²) in [4.78, 5) is 33.2. The molecule has 29 heavy (non-hydrogen) atoms. The third kappa shape index (κ3) is 3.82. The third-order valence-corrected chi connectivity index (χ3v) is 6.38. The van der Waals surface area contributed by atoms with E-state index >= 15 is 0 Å². The molecule has 2 unspecified atom stereocenters. The topological polar surface area (TPSA) is 89.8 Å². The number of rotatable bonds is 5. The van der Waals surface area contributed by atoms with Crippen molar-refractivity contribution in [3.63, 3.8) is 0 Å². The van der Waals surface area contributed by atoms with E-state index in [0.29, 0.717) is 37.9 Å². The Hall–Kier alpha value is -2.59. The molecule has 1 saturated heterocycles. The molecule has 2 aliphatic heterocycles. The van der Waals surface area contributed by atoms with Gasteiger partial charge in [-0.15, -0.1) is 0 Å². The molecular formula is C19H23N5O4S. The van der Waals surface area contributed by atoms with Gasteiger partial charge in [0.15, 0.2) is 5.16 Å². The summed E-state index contributed by atoms with van der Waals surface area (Å²) in [6.45, 7) is 4.57. The van der Waals surface area contributed by atoms with Crippen LogP contribution in [0.1, 0.15) is 23.3 Å². The van der Waals surface area contributed by atoms with Crippen LogP contribution in [0.3, 0.4) is 0 Å². The number of carbonyl (C=O) groups is 2. The predicted octanol–water partition coefficient (Wildman–Crippen LogP) is 1.92. The lowest BCUT2D eigenvalue weighted by Crippen LogP contribution is -2.52. The summed E-state index contributed by atoms with van der Waals surface area (Å²) in [6.07, 6.45) is 1.11. The maximum absolute atomic E-state index is 13.0. The lowest BCUT2D eigenvalue weighted by Gasteiger charge is -2.40. The quantitative estimate of drug-likeness (QED) is 0.729. The lowest BCUT2D eigenvalue weighted by molar-refractivity contribution is 0.0600. The van der Waals surface area contributed by atoms with Crippen LogP contribution in [0, 0.1) is 0 Å². The van der Waals surface area contributed by atoms with Crippen LogP contribution in [0.4, 0.5) is 4.79 Å². The van der Waals surface area contributed by atoms with Gasteiger partial charge in [-0.25, -0.2) is 9.78 Å². The van der Waals surface area contributed by atoms with Gasteiger partial charge in [0.2, 0.25) is 0 Å². The van der Waals surface area contributed by atoms with Crippen molar-refractivity contribution in [2.45, 2.75) is 23.4 Å². The molecule has 10 heteroatoms. The highest BCUT2D eigenvalue weighted by Crippen LogP contribution is 2.41. The number of thioether (sulfide) groups is 1. The van der Waals surface area contributed by atoms with Gasteiger partial charge in [-0.05, 0) is 24.6 Å². The number of nitrogens with zero attached hydrogens (tertiary/aromatic N) is 5. The molecular weight excluding hydrogens is 394 g/mol. The maximum Gasteiger partial charge on any atom is 0.409 e. The van der Waals surface area contributed by atoms with Gasteiger partial charge in [-0.1, -0.05) is 23.9 Å². The smallest absolute Gasteiger partial charge is 0.409 e. The Kier molecular flexibility index (Phi) is 5.72. The van der Waals surface area contributed by atoms with E-state index in [4.69, 9.17) is 9.47 Å². The van der Waals surface area contributed by atoms with Gasteiger partial charge in [-0.3, -0.25) is 9.69 Å². The van der Waals surface area contributed by atoms with E-state index in [-0.39, 0.29) is 23.3 Å². The highest BCUT2D eigenvalue weighted by atomic mass is 32.2. The summed E-state index contributed by atoms with van der Waals surface area (Å²) in [6, 6.07) is 7.62. The van der Waals surface area contributed by atoms with Crippen molar-refractivity contribution in [1.29, 1.82) is 0 Å². The Morgan fingerprint density at radius 3 is 2.59 bits per heavy atom. The molecule has 1 aromatic heterocycles. The summed E-state index contributed by atoms with van der Waals surface area (Å²) in [5.74, 6) is 0.691. The van der Waals surface area contributed by atoms with Gasteiger partial charge in [0, 0.05) is 26.2 Å². The minimum Gasteiger partial charge on any atom is -0.497 e. The lowest BCUT2D eigenvalue weighted by atomic mass is 10.00. The van der Waals surface area contributed by atoms with E-state index < -0.39 is 0 Å². The molecule has 2 atom stereocenters. The first kappa shape index (κ1) is 19.7. The van der Waals surface area contributed by atoms with Gasteiger partial charge < -0.3 is 14.4 Å². The van der Waals surface area contributed by atoms with Crippen molar-refractivity contribution in [1.82, 2.24) is 24.6 Å². The molecule has 2 aromatic rings. The number of piperazine rings is 1. The standard InChI is InChI=1S/C19H23N5O4S/c1-3-28-19(26)23-10-8-22(9-11-23)15(13-4-6-14(27-2)7-5-13)16-17(25)24-18(29-16)20-12-21-24/h4-7,12,15-16H,3,8-11H2,1-2H3. The third-order valence-electron chi connectivity index (χ3n) is 5.18. The molecule has 0 aliphatic carbocycles. The summed E-state index contributed by atoms with van der Waals surface area (Å²) in [5, 5.41) is 4.32. The monoisotopic (exact) mass is 417 g/mol. The average molecular weight is 417 g/mol. The van der Waals surface area contributed by atoms with Crippen molar-refractivity contribution < 1.29 is 19.1 Å². The second kappa shape index (κ2) is 8.42. The molecule has 1 amide bonds. The first-order valence-corrected chi connectivity index (χ1v) is 10.4. The fourth-order valence-corrected chi connectivity index (χ4v) is 4.95. The SMILES string of the molecule is CCOC(=O)N1CCN(C(c2ccc(OC)cc2)C2Sc3ncnn3C2=O)CC1. The molecule has 3 heterocycles. The predicted molar refractivity (Wildman–Crippen MR) is 106 cm³/mol. The van der Waals surface area contributed by atoms with E-state index in [9.17, 15) is 9.59 Å². The van der Waals surface area contributed by atoms with Gasteiger partial charge in [-0.2, -0.15) is 9.78 Å². The van der Waals surface area contributed by atoms with E-state index in [1.54, 1.807) is 18.9 Å². The van der Waals surface area contributed by atoms with Gasteiger partial charge in [0.1, 0.15) is 17.3 Å². The van der Waals surface area contributed by atoms with Crippen LogP contribution in [-0.4, -0.2) is 81.7 Å². The summed E-state index contributed by atoms with van der Waals surface area (Å²) in [7, 11) is 1.63. The molecule has 2 aliphatic rings. The van der Waals surface area contributed by atoms with Crippen LogP contribution in [0.15, 0.2) is 35.7 Å². The molecule has 154 valence electrons.